The highest BCUT2D eigenvalue weighted by Gasteiger charge is 2.32. The van der Waals surface area contributed by atoms with Gasteiger partial charge in [0.1, 0.15) is 11.5 Å². The van der Waals surface area contributed by atoms with Gasteiger partial charge in [-0.05, 0) is 72.3 Å². The molecule has 1 aromatic heterocycles. The predicted molar refractivity (Wildman–Crippen MR) is 137 cm³/mol. The molecule has 0 atom stereocenters. The molecule has 0 radical (unpaired) electrons. The molecule has 1 amide bonds. The Morgan fingerprint density at radius 2 is 1.66 bits per heavy atom. The second kappa shape index (κ2) is 9.72. The number of carbonyl (C=O) groups excluding carboxylic acids is 1. The number of rotatable bonds is 5. The van der Waals surface area contributed by atoms with Gasteiger partial charge in [0.25, 0.3) is 5.91 Å². The summed E-state index contributed by atoms with van der Waals surface area (Å²) in [5.74, 6) is -1.12. The van der Waals surface area contributed by atoms with Crippen molar-refractivity contribution in [3.63, 3.8) is 0 Å². The van der Waals surface area contributed by atoms with Gasteiger partial charge in [0, 0.05) is 16.8 Å². The number of nitrogens with zero attached hydrogens (tertiary/aromatic N) is 1. The molecule has 0 unspecified atom stereocenters. The van der Waals surface area contributed by atoms with Crippen molar-refractivity contribution in [3.05, 3.63) is 124 Å². The molecular weight excluding hydrogens is 519 g/mol. The minimum atomic E-state index is -4.54. The summed E-state index contributed by atoms with van der Waals surface area (Å²) in [7, 11) is 0. The molecule has 0 saturated carbocycles. The van der Waals surface area contributed by atoms with Gasteiger partial charge in [0.15, 0.2) is 0 Å². The number of carboxylic acids is 1. The first-order chi connectivity index (χ1) is 18.1. The van der Waals surface area contributed by atoms with Crippen molar-refractivity contribution in [1.29, 1.82) is 0 Å². The summed E-state index contributed by atoms with van der Waals surface area (Å²) in [5, 5.41) is 9.30. The fraction of sp³-hybridized carbons (Fsp3) is 0.0345. The Balaban J connectivity index is 1.53. The number of furan rings is 1. The van der Waals surface area contributed by atoms with Gasteiger partial charge in [-0.15, -0.1) is 0 Å². The lowest BCUT2D eigenvalue weighted by Crippen LogP contribution is -2.25. The average molecular weight is 536 g/mol. The van der Waals surface area contributed by atoms with Crippen molar-refractivity contribution < 1.29 is 32.3 Å². The number of halogens is 4. The van der Waals surface area contributed by atoms with E-state index in [-0.39, 0.29) is 39.2 Å². The number of carbonyl (C=O) groups is 2. The molecule has 5 rings (SSSR count). The first-order valence-corrected chi connectivity index (χ1v) is 11.6. The Kier molecular flexibility index (Phi) is 6.42. The Hall–Kier alpha value is -4.56. The van der Waals surface area contributed by atoms with Crippen molar-refractivity contribution in [1.82, 2.24) is 0 Å². The summed E-state index contributed by atoms with van der Waals surface area (Å²) in [5.41, 5.74) is 1.35. The van der Waals surface area contributed by atoms with Crippen molar-refractivity contribution >= 4 is 40.9 Å². The van der Waals surface area contributed by atoms with E-state index in [2.05, 4.69) is 0 Å². The lowest BCUT2D eigenvalue weighted by atomic mass is 10.1. The van der Waals surface area contributed by atoms with Crippen LogP contribution in [0.15, 0.2) is 101 Å². The van der Waals surface area contributed by atoms with Crippen LogP contribution in [0.25, 0.3) is 23.1 Å². The highest BCUT2D eigenvalue weighted by molar-refractivity contribution is 6.33. The zero-order valence-electron chi connectivity index (χ0n) is 19.4. The van der Waals surface area contributed by atoms with Gasteiger partial charge in [0.2, 0.25) is 0 Å². The van der Waals surface area contributed by atoms with Gasteiger partial charge in [-0.1, -0.05) is 41.9 Å². The second-order valence-electron chi connectivity index (χ2n) is 8.38. The van der Waals surface area contributed by atoms with Gasteiger partial charge < -0.3 is 9.52 Å². The number of benzene rings is 3. The molecule has 0 aliphatic carbocycles. The third-order valence-electron chi connectivity index (χ3n) is 5.91. The molecule has 2 heterocycles. The third-order valence-corrected chi connectivity index (χ3v) is 6.24. The molecule has 38 heavy (non-hydrogen) atoms. The zero-order chi connectivity index (χ0) is 27.0. The molecule has 0 spiro atoms. The van der Waals surface area contributed by atoms with Crippen LogP contribution in [0, 0.1) is 0 Å². The average Bonchev–Trinajstić information content (AvgIpc) is 3.49. The summed E-state index contributed by atoms with van der Waals surface area (Å²) in [6, 6.07) is 21.0. The van der Waals surface area contributed by atoms with E-state index in [0.29, 0.717) is 11.4 Å². The minimum Gasteiger partial charge on any atom is -0.478 e. The lowest BCUT2D eigenvalue weighted by molar-refractivity contribution is -0.137. The number of alkyl halides is 3. The van der Waals surface area contributed by atoms with E-state index in [9.17, 15) is 27.9 Å². The summed E-state index contributed by atoms with van der Waals surface area (Å²) < 4.78 is 45.3. The summed E-state index contributed by atoms with van der Waals surface area (Å²) in [6.07, 6.45) is -1.39. The molecule has 3 aromatic carbocycles. The van der Waals surface area contributed by atoms with E-state index < -0.39 is 17.7 Å². The Labute approximate surface area is 219 Å². The van der Waals surface area contributed by atoms with Crippen LogP contribution in [0.4, 0.5) is 18.9 Å². The third kappa shape index (κ3) is 4.86. The Bertz CT molecular complexity index is 1600. The van der Waals surface area contributed by atoms with Crippen LogP contribution in [-0.2, 0) is 11.0 Å². The van der Waals surface area contributed by atoms with Gasteiger partial charge >= 0.3 is 12.1 Å². The van der Waals surface area contributed by atoms with E-state index in [1.165, 1.54) is 35.2 Å². The van der Waals surface area contributed by atoms with Crippen LogP contribution in [0.5, 0.6) is 0 Å². The van der Waals surface area contributed by atoms with Gasteiger partial charge in [-0.2, -0.15) is 13.2 Å². The van der Waals surface area contributed by atoms with Crippen molar-refractivity contribution in [3.8, 4) is 11.3 Å². The largest absolute Gasteiger partial charge is 0.478 e. The second-order valence-corrected chi connectivity index (χ2v) is 8.79. The smallest absolute Gasteiger partial charge is 0.416 e. The maximum atomic E-state index is 13.5. The van der Waals surface area contributed by atoms with Crippen LogP contribution in [0.3, 0.4) is 0 Å². The van der Waals surface area contributed by atoms with Crippen molar-refractivity contribution in [2.75, 3.05) is 4.90 Å². The fourth-order valence-corrected chi connectivity index (χ4v) is 4.28. The molecule has 0 saturated heterocycles. The van der Waals surface area contributed by atoms with E-state index in [0.717, 1.165) is 23.8 Å². The SMILES string of the molecule is O=C(O)c1ccc(N2C(=O)/C(=C/c3ccc(-c4cc(C(F)(F)F)ccc4Cl)o3)C=C2c2ccccc2)cc1. The first-order valence-electron chi connectivity index (χ1n) is 11.3. The molecular formula is C29H17ClF3NO4. The normalized spacial score (nSPS) is 14.7. The molecule has 4 aromatic rings. The molecule has 5 nitrogen and oxygen atoms in total. The quantitative estimate of drug-likeness (QED) is 0.265. The number of aromatic carboxylic acids is 1. The maximum Gasteiger partial charge on any atom is 0.416 e. The molecule has 190 valence electrons. The summed E-state index contributed by atoms with van der Waals surface area (Å²) in [4.78, 5) is 26.2. The number of hydrogen-bond acceptors (Lipinski definition) is 3. The van der Waals surface area contributed by atoms with E-state index >= 15 is 0 Å². The highest BCUT2D eigenvalue weighted by Crippen LogP contribution is 2.38. The minimum absolute atomic E-state index is 0.0737. The molecule has 9 heteroatoms. The topological polar surface area (TPSA) is 70.8 Å². The molecule has 0 fully saturated rings. The predicted octanol–water partition coefficient (Wildman–Crippen LogP) is 7.79. The maximum absolute atomic E-state index is 13.5. The lowest BCUT2D eigenvalue weighted by Gasteiger charge is -2.21. The van der Waals surface area contributed by atoms with Gasteiger partial charge in [-0.3, -0.25) is 9.69 Å². The molecule has 1 N–H and O–H groups in total. The summed E-state index contributed by atoms with van der Waals surface area (Å²) in [6.45, 7) is 0. The molecule has 0 bridgehead atoms. The van der Waals surface area contributed by atoms with Crippen LogP contribution < -0.4 is 4.90 Å². The summed E-state index contributed by atoms with van der Waals surface area (Å²) >= 11 is 6.14. The standard InChI is InChI=1S/C29H17ClF3NO4/c30-24-12-8-20(29(31,32)33)16-23(24)26-13-11-22(38-26)14-19-15-25(17-4-2-1-3-5-17)34(27(19)35)21-9-6-18(7-10-21)28(36)37/h1-16H,(H,36,37)/b19-14+. The monoisotopic (exact) mass is 535 g/mol. The number of carboxylic acid groups (broad SMARTS) is 1. The Morgan fingerprint density at radius 1 is 0.947 bits per heavy atom. The number of anilines is 1. The fourth-order valence-electron chi connectivity index (χ4n) is 4.07. The zero-order valence-corrected chi connectivity index (χ0v) is 20.1. The number of amides is 1. The van der Waals surface area contributed by atoms with Crippen LogP contribution in [0.1, 0.15) is 27.2 Å². The first kappa shape index (κ1) is 25.1. The molecule has 1 aliphatic rings. The van der Waals surface area contributed by atoms with Crippen molar-refractivity contribution in [2.24, 2.45) is 0 Å². The van der Waals surface area contributed by atoms with E-state index in [4.69, 9.17) is 16.0 Å². The van der Waals surface area contributed by atoms with Crippen LogP contribution >= 0.6 is 11.6 Å². The van der Waals surface area contributed by atoms with Crippen molar-refractivity contribution in [2.45, 2.75) is 6.18 Å². The highest BCUT2D eigenvalue weighted by atomic mass is 35.5. The Morgan fingerprint density at radius 3 is 2.32 bits per heavy atom. The number of hydrogen-bond donors (Lipinski definition) is 1. The van der Waals surface area contributed by atoms with E-state index in [1.54, 1.807) is 18.2 Å². The molecule has 1 aliphatic heterocycles. The van der Waals surface area contributed by atoms with Crippen LogP contribution in [-0.4, -0.2) is 17.0 Å². The van der Waals surface area contributed by atoms with Gasteiger partial charge in [0.05, 0.1) is 21.8 Å². The van der Waals surface area contributed by atoms with E-state index in [1.807, 2.05) is 30.3 Å². The van der Waals surface area contributed by atoms with Gasteiger partial charge in [-0.25, -0.2) is 4.79 Å². The van der Waals surface area contributed by atoms with Crippen LogP contribution in [0.2, 0.25) is 5.02 Å².